The summed E-state index contributed by atoms with van der Waals surface area (Å²) < 4.78 is 7.08. The molecule has 0 spiro atoms. The van der Waals surface area contributed by atoms with E-state index in [1.54, 1.807) is 11.8 Å². The molecule has 0 saturated carbocycles. The second-order valence-electron chi connectivity index (χ2n) is 7.99. The molecule has 1 aliphatic heterocycles. The van der Waals surface area contributed by atoms with Gasteiger partial charge in [-0.3, -0.25) is 14.5 Å². The Kier molecular flexibility index (Phi) is 6.21. The largest absolute Gasteiger partial charge is 0.497 e. The lowest BCUT2D eigenvalue weighted by atomic mass is 10.1. The molecule has 7 heteroatoms. The number of ether oxygens (including phenoxy) is 1. The number of carbonyl (C=O) groups is 1. The fourth-order valence-electron chi connectivity index (χ4n) is 4.10. The summed E-state index contributed by atoms with van der Waals surface area (Å²) in [5.41, 5.74) is 4.08. The van der Waals surface area contributed by atoms with E-state index in [1.165, 1.54) is 0 Å². The molecule has 3 aromatic rings. The van der Waals surface area contributed by atoms with E-state index >= 15 is 0 Å². The highest BCUT2D eigenvalue weighted by Crippen LogP contribution is 2.32. The second kappa shape index (κ2) is 9.20. The maximum atomic E-state index is 13.0. The van der Waals surface area contributed by atoms with E-state index in [2.05, 4.69) is 21.0 Å². The molecule has 1 aromatic carbocycles. The fraction of sp³-hybridized carbons (Fsp3) is 0.375. The molecule has 1 fully saturated rings. The normalized spacial score (nSPS) is 15.8. The van der Waals surface area contributed by atoms with E-state index in [1.807, 2.05) is 67.9 Å². The van der Waals surface area contributed by atoms with Crippen molar-refractivity contribution in [1.82, 2.24) is 19.7 Å². The van der Waals surface area contributed by atoms with Crippen LogP contribution in [0.15, 0.2) is 55.0 Å². The van der Waals surface area contributed by atoms with Crippen molar-refractivity contribution in [3.63, 3.8) is 0 Å². The van der Waals surface area contributed by atoms with Crippen LogP contribution in [0.25, 0.3) is 11.1 Å². The van der Waals surface area contributed by atoms with Gasteiger partial charge in [-0.15, -0.1) is 0 Å². The van der Waals surface area contributed by atoms with E-state index in [0.29, 0.717) is 13.0 Å². The van der Waals surface area contributed by atoms with Crippen LogP contribution in [0.4, 0.5) is 5.69 Å². The number of methoxy groups -OCH3 is 1. The Morgan fingerprint density at radius 3 is 2.81 bits per heavy atom. The van der Waals surface area contributed by atoms with Crippen molar-refractivity contribution in [2.75, 3.05) is 32.1 Å². The zero-order chi connectivity index (χ0) is 21.8. The summed E-state index contributed by atoms with van der Waals surface area (Å²) in [5.74, 6) is 0.992. The molecule has 1 unspecified atom stereocenters. The van der Waals surface area contributed by atoms with Crippen LogP contribution >= 0.6 is 0 Å². The van der Waals surface area contributed by atoms with Gasteiger partial charge in [-0.05, 0) is 31.0 Å². The van der Waals surface area contributed by atoms with Crippen LogP contribution in [-0.4, -0.2) is 52.8 Å². The SMILES string of the molecule is COc1cccc(N(C)CCC(=O)N2CCCC2c2ccc(-c3cnn(C)c3)cn2)c1. The number of rotatable bonds is 7. The highest BCUT2D eigenvalue weighted by Gasteiger charge is 2.30. The number of carbonyl (C=O) groups excluding carboxylic acids is 1. The topological polar surface area (TPSA) is 63.5 Å². The van der Waals surface area contributed by atoms with Gasteiger partial charge >= 0.3 is 0 Å². The number of aromatic nitrogens is 3. The number of pyridine rings is 1. The van der Waals surface area contributed by atoms with Crippen molar-refractivity contribution < 1.29 is 9.53 Å². The van der Waals surface area contributed by atoms with Crippen LogP contribution in [0, 0.1) is 0 Å². The first-order chi connectivity index (χ1) is 15.0. The molecule has 4 rings (SSSR count). The summed E-state index contributed by atoms with van der Waals surface area (Å²) >= 11 is 0. The Morgan fingerprint density at radius 1 is 1.23 bits per heavy atom. The third-order valence-corrected chi connectivity index (χ3v) is 5.89. The van der Waals surface area contributed by atoms with Gasteiger partial charge in [-0.2, -0.15) is 5.10 Å². The summed E-state index contributed by atoms with van der Waals surface area (Å²) in [6, 6.07) is 12.1. The number of amides is 1. The molecule has 1 saturated heterocycles. The van der Waals surface area contributed by atoms with Gasteiger partial charge in [-0.1, -0.05) is 12.1 Å². The quantitative estimate of drug-likeness (QED) is 0.585. The summed E-state index contributed by atoms with van der Waals surface area (Å²) in [5, 5.41) is 4.22. The van der Waals surface area contributed by atoms with E-state index < -0.39 is 0 Å². The van der Waals surface area contributed by atoms with Crippen molar-refractivity contribution in [1.29, 1.82) is 0 Å². The van der Waals surface area contributed by atoms with Gasteiger partial charge in [0.2, 0.25) is 5.91 Å². The van der Waals surface area contributed by atoms with Crippen LogP contribution in [0.3, 0.4) is 0 Å². The molecule has 0 aliphatic carbocycles. The van der Waals surface area contributed by atoms with Gasteiger partial charge in [0.15, 0.2) is 0 Å². The highest BCUT2D eigenvalue weighted by atomic mass is 16.5. The number of nitrogens with zero attached hydrogens (tertiary/aromatic N) is 5. The van der Waals surface area contributed by atoms with Gasteiger partial charge < -0.3 is 14.5 Å². The maximum absolute atomic E-state index is 13.0. The molecule has 7 nitrogen and oxygen atoms in total. The number of likely N-dealkylation sites (tertiary alicyclic amines) is 1. The average molecular weight is 420 g/mol. The third-order valence-electron chi connectivity index (χ3n) is 5.89. The van der Waals surface area contributed by atoms with Crippen molar-refractivity contribution in [3.05, 3.63) is 60.7 Å². The summed E-state index contributed by atoms with van der Waals surface area (Å²) in [6.07, 6.45) is 8.12. The van der Waals surface area contributed by atoms with E-state index in [4.69, 9.17) is 4.74 Å². The molecule has 0 radical (unpaired) electrons. The zero-order valence-corrected chi connectivity index (χ0v) is 18.4. The predicted octanol–water partition coefficient (Wildman–Crippen LogP) is 3.68. The molecule has 0 bridgehead atoms. The Morgan fingerprint density at radius 2 is 2.10 bits per heavy atom. The zero-order valence-electron chi connectivity index (χ0n) is 18.4. The first-order valence-corrected chi connectivity index (χ1v) is 10.6. The first-order valence-electron chi connectivity index (χ1n) is 10.6. The van der Waals surface area contributed by atoms with Crippen LogP contribution in [0.1, 0.15) is 31.0 Å². The number of hydrogen-bond acceptors (Lipinski definition) is 5. The molecular formula is C24H29N5O2. The summed E-state index contributed by atoms with van der Waals surface area (Å²) in [4.78, 5) is 21.8. The minimum absolute atomic E-state index is 0.0533. The predicted molar refractivity (Wildman–Crippen MR) is 121 cm³/mol. The molecule has 3 heterocycles. The Bertz CT molecular complexity index is 1030. The molecule has 31 heavy (non-hydrogen) atoms. The number of anilines is 1. The van der Waals surface area contributed by atoms with Crippen molar-refractivity contribution in [2.45, 2.75) is 25.3 Å². The molecule has 1 atom stereocenters. The minimum Gasteiger partial charge on any atom is -0.497 e. The monoisotopic (exact) mass is 419 g/mol. The maximum Gasteiger partial charge on any atom is 0.224 e. The number of hydrogen-bond donors (Lipinski definition) is 0. The van der Waals surface area contributed by atoms with E-state index in [9.17, 15) is 4.79 Å². The first kappa shape index (κ1) is 20.9. The van der Waals surface area contributed by atoms with Crippen LogP contribution in [-0.2, 0) is 11.8 Å². The minimum atomic E-state index is 0.0533. The fourth-order valence-corrected chi connectivity index (χ4v) is 4.10. The van der Waals surface area contributed by atoms with E-state index in [0.717, 1.165) is 47.6 Å². The highest BCUT2D eigenvalue weighted by molar-refractivity contribution is 5.77. The number of aryl methyl sites for hydroxylation is 1. The van der Waals surface area contributed by atoms with Crippen molar-refractivity contribution in [3.8, 4) is 16.9 Å². The van der Waals surface area contributed by atoms with Gasteiger partial charge in [0, 0.05) is 68.9 Å². The average Bonchev–Trinajstić information content (AvgIpc) is 3.47. The van der Waals surface area contributed by atoms with Crippen LogP contribution in [0.5, 0.6) is 5.75 Å². The van der Waals surface area contributed by atoms with Gasteiger partial charge in [0.05, 0.1) is 25.0 Å². The molecule has 0 N–H and O–H groups in total. The standard InChI is InChI=1S/C24H29N5O2/c1-27(20-6-4-7-21(14-20)31-3)13-11-24(30)29-12-5-8-23(29)22-10-9-18(15-25-22)19-16-26-28(2)17-19/h4,6-7,9-10,14-17,23H,5,8,11-13H2,1-3H3. The Hall–Kier alpha value is -3.35. The van der Waals surface area contributed by atoms with Crippen LogP contribution in [0.2, 0.25) is 0 Å². The van der Waals surface area contributed by atoms with Gasteiger partial charge in [0.1, 0.15) is 5.75 Å². The van der Waals surface area contributed by atoms with E-state index in [-0.39, 0.29) is 11.9 Å². The lowest BCUT2D eigenvalue weighted by Gasteiger charge is -2.26. The molecule has 1 amide bonds. The number of benzene rings is 1. The molecule has 162 valence electrons. The van der Waals surface area contributed by atoms with Crippen molar-refractivity contribution in [2.24, 2.45) is 7.05 Å². The third kappa shape index (κ3) is 4.71. The molecule has 1 aliphatic rings. The summed E-state index contributed by atoms with van der Waals surface area (Å²) in [7, 11) is 5.56. The molecule has 2 aromatic heterocycles. The van der Waals surface area contributed by atoms with Crippen LogP contribution < -0.4 is 9.64 Å². The van der Waals surface area contributed by atoms with Gasteiger partial charge in [0.25, 0.3) is 0 Å². The lowest BCUT2D eigenvalue weighted by Crippen LogP contribution is -2.33. The lowest BCUT2D eigenvalue weighted by molar-refractivity contribution is -0.132. The second-order valence-corrected chi connectivity index (χ2v) is 7.99. The Labute approximate surface area is 183 Å². The Balaban J connectivity index is 1.39. The van der Waals surface area contributed by atoms with Gasteiger partial charge in [-0.25, -0.2) is 0 Å². The van der Waals surface area contributed by atoms with Crippen molar-refractivity contribution >= 4 is 11.6 Å². The summed E-state index contributed by atoms with van der Waals surface area (Å²) in [6.45, 7) is 1.45. The molecular weight excluding hydrogens is 390 g/mol. The smallest absolute Gasteiger partial charge is 0.224 e.